The molecule has 0 aromatic carbocycles. The van der Waals surface area contributed by atoms with Gasteiger partial charge in [-0.05, 0) is 25.1 Å². The standard InChI is InChI=1S/C9H9N5O.C4H6N2/c1-6-2-3-7(12-11-6)10-8-4-5-9(15)14-13-8;1-6-3-2-5-4-6/h2-5H,1H3,(H,14,15)(H,10,12,13);2-4H,1H3. The number of H-pyrrole nitrogens is 1. The Morgan fingerprint density at radius 3 is 2.43 bits per heavy atom. The number of aryl methyl sites for hydroxylation is 2. The number of nitrogens with zero attached hydrogens (tertiary/aromatic N) is 5. The highest BCUT2D eigenvalue weighted by Crippen LogP contribution is 2.07. The molecule has 0 aliphatic heterocycles. The van der Waals surface area contributed by atoms with E-state index in [9.17, 15) is 4.79 Å². The normalized spacial score (nSPS) is 9.62. The van der Waals surface area contributed by atoms with E-state index < -0.39 is 0 Å². The number of rotatable bonds is 2. The molecule has 0 fully saturated rings. The van der Waals surface area contributed by atoms with E-state index in [2.05, 4.69) is 30.7 Å². The number of anilines is 2. The van der Waals surface area contributed by atoms with Crippen LogP contribution in [0.4, 0.5) is 11.6 Å². The molecule has 0 bridgehead atoms. The van der Waals surface area contributed by atoms with Gasteiger partial charge in [-0.3, -0.25) is 4.79 Å². The number of aromatic nitrogens is 6. The smallest absolute Gasteiger partial charge is 0.264 e. The van der Waals surface area contributed by atoms with Gasteiger partial charge in [0.25, 0.3) is 5.56 Å². The van der Waals surface area contributed by atoms with Crippen LogP contribution in [0.3, 0.4) is 0 Å². The van der Waals surface area contributed by atoms with Gasteiger partial charge in [0.05, 0.1) is 12.0 Å². The fourth-order valence-electron chi connectivity index (χ4n) is 1.34. The summed E-state index contributed by atoms with van der Waals surface area (Å²) in [6, 6.07) is 6.58. The molecule has 8 nitrogen and oxygen atoms in total. The van der Waals surface area contributed by atoms with Crippen molar-refractivity contribution in [1.29, 1.82) is 0 Å². The van der Waals surface area contributed by atoms with Crippen LogP contribution in [0.2, 0.25) is 0 Å². The SMILES string of the molecule is Cc1ccc(Nc2ccc(=O)[nH]n2)nn1.Cn1ccnc1. The fraction of sp³-hybridized carbons (Fsp3) is 0.154. The second-order valence-corrected chi connectivity index (χ2v) is 4.22. The summed E-state index contributed by atoms with van der Waals surface area (Å²) in [4.78, 5) is 14.5. The van der Waals surface area contributed by atoms with E-state index in [4.69, 9.17) is 0 Å². The summed E-state index contributed by atoms with van der Waals surface area (Å²) in [5.41, 5.74) is 0.602. The van der Waals surface area contributed by atoms with Gasteiger partial charge < -0.3 is 9.88 Å². The summed E-state index contributed by atoms with van der Waals surface area (Å²) < 4.78 is 1.89. The first-order valence-corrected chi connectivity index (χ1v) is 6.18. The summed E-state index contributed by atoms with van der Waals surface area (Å²) in [5, 5.41) is 16.8. The van der Waals surface area contributed by atoms with Crippen LogP contribution in [0.1, 0.15) is 5.69 Å². The molecule has 8 heteroatoms. The van der Waals surface area contributed by atoms with Crippen LogP contribution in [0, 0.1) is 6.92 Å². The minimum atomic E-state index is -0.240. The van der Waals surface area contributed by atoms with Gasteiger partial charge in [0.1, 0.15) is 0 Å². The quantitative estimate of drug-likeness (QED) is 0.729. The van der Waals surface area contributed by atoms with E-state index in [1.54, 1.807) is 24.7 Å². The van der Waals surface area contributed by atoms with Crippen LogP contribution < -0.4 is 10.9 Å². The van der Waals surface area contributed by atoms with Crippen molar-refractivity contribution >= 4 is 11.6 Å². The number of nitrogens with one attached hydrogen (secondary N) is 2. The van der Waals surface area contributed by atoms with Gasteiger partial charge in [0.15, 0.2) is 11.6 Å². The number of hydrogen-bond donors (Lipinski definition) is 2. The Morgan fingerprint density at radius 1 is 1.14 bits per heavy atom. The summed E-state index contributed by atoms with van der Waals surface area (Å²) in [5.74, 6) is 1.10. The second kappa shape index (κ2) is 6.94. The van der Waals surface area contributed by atoms with Crippen molar-refractivity contribution in [2.45, 2.75) is 6.92 Å². The van der Waals surface area contributed by atoms with E-state index in [0.29, 0.717) is 11.6 Å². The second-order valence-electron chi connectivity index (χ2n) is 4.22. The van der Waals surface area contributed by atoms with Crippen LogP contribution in [0.25, 0.3) is 0 Å². The van der Waals surface area contributed by atoms with Gasteiger partial charge in [-0.2, -0.15) is 10.2 Å². The zero-order chi connectivity index (χ0) is 15.1. The minimum Gasteiger partial charge on any atom is -0.341 e. The highest BCUT2D eigenvalue weighted by Gasteiger charge is 1.97. The van der Waals surface area contributed by atoms with Crippen molar-refractivity contribution in [3.63, 3.8) is 0 Å². The lowest BCUT2D eigenvalue weighted by Crippen LogP contribution is -2.07. The zero-order valence-electron chi connectivity index (χ0n) is 11.7. The zero-order valence-corrected chi connectivity index (χ0v) is 11.7. The van der Waals surface area contributed by atoms with E-state index in [-0.39, 0.29) is 5.56 Å². The first-order valence-electron chi connectivity index (χ1n) is 6.18. The largest absolute Gasteiger partial charge is 0.341 e. The predicted octanol–water partition coefficient (Wildman–Crippen LogP) is 1.03. The van der Waals surface area contributed by atoms with Crippen molar-refractivity contribution in [2.24, 2.45) is 7.05 Å². The Labute approximate surface area is 120 Å². The van der Waals surface area contributed by atoms with Gasteiger partial charge in [-0.15, -0.1) is 5.10 Å². The third-order valence-electron chi connectivity index (χ3n) is 2.37. The lowest BCUT2D eigenvalue weighted by molar-refractivity contribution is 0.913. The monoisotopic (exact) mass is 285 g/mol. The van der Waals surface area contributed by atoms with E-state index in [1.165, 1.54) is 6.07 Å². The molecule has 3 heterocycles. The predicted molar refractivity (Wildman–Crippen MR) is 78.1 cm³/mol. The van der Waals surface area contributed by atoms with Crippen LogP contribution in [-0.4, -0.2) is 29.9 Å². The Kier molecular flexibility index (Phi) is 4.75. The van der Waals surface area contributed by atoms with Gasteiger partial charge in [-0.25, -0.2) is 10.1 Å². The van der Waals surface area contributed by atoms with Crippen LogP contribution >= 0.6 is 0 Å². The maximum atomic E-state index is 10.7. The molecule has 21 heavy (non-hydrogen) atoms. The van der Waals surface area contributed by atoms with Crippen molar-refractivity contribution in [3.8, 4) is 0 Å². The van der Waals surface area contributed by atoms with E-state index in [0.717, 1.165) is 5.69 Å². The Balaban J connectivity index is 0.000000225. The molecule has 108 valence electrons. The summed E-state index contributed by atoms with van der Waals surface area (Å²) >= 11 is 0. The van der Waals surface area contributed by atoms with Gasteiger partial charge in [-0.1, -0.05) is 0 Å². The molecule has 0 saturated heterocycles. The summed E-state index contributed by atoms with van der Waals surface area (Å²) in [7, 11) is 1.94. The average molecular weight is 285 g/mol. The number of aromatic amines is 1. The van der Waals surface area contributed by atoms with Crippen LogP contribution in [0.5, 0.6) is 0 Å². The number of imidazole rings is 1. The molecule has 3 rings (SSSR count). The maximum Gasteiger partial charge on any atom is 0.264 e. The third kappa shape index (κ3) is 4.86. The molecule has 0 radical (unpaired) electrons. The maximum absolute atomic E-state index is 10.7. The lowest BCUT2D eigenvalue weighted by atomic mass is 10.4. The van der Waals surface area contributed by atoms with Gasteiger partial charge in [0.2, 0.25) is 0 Å². The molecule has 3 aromatic rings. The summed E-state index contributed by atoms with van der Waals surface area (Å²) in [6.07, 6.45) is 5.39. The van der Waals surface area contributed by atoms with Crippen molar-refractivity contribution < 1.29 is 0 Å². The van der Waals surface area contributed by atoms with Crippen molar-refractivity contribution in [1.82, 2.24) is 29.9 Å². The molecule has 3 aromatic heterocycles. The molecule has 0 saturated carbocycles. The molecular formula is C13H15N7O. The van der Waals surface area contributed by atoms with Gasteiger partial charge in [0, 0.05) is 25.5 Å². The molecule has 0 aliphatic carbocycles. The Bertz CT molecular complexity index is 699. The third-order valence-corrected chi connectivity index (χ3v) is 2.37. The molecule has 0 aliphatic rings. The lowest BCUT2D eigenvalue weighted by Gasteiger charge is -2.02. The molecule has 0 unspecified atom stereocenters. The Hall–Kier alpha value is -3.03. The molecule has 0 amide bonds. The average Bonchev–Trinajstić information content (AvgIpc) is 2.96. The van der Waals surface area contributed by atoms with E-state index in [1.807, 2.05) is 30.8 Å². The molecule has 0 spiro atoms. The topological polar surface area (TPSA) is 101 Å². The first-order chi connectivity index (χ1) is 10.1. The Morgan fingerprint density at radius 2 is 1.95 bits per heavy atom. The minimum absolute atomic E-state index is 0.240. The van der Waals surface area contributed by atoms with Crippen molar-refractivity contribution in [2.75, 3.05) is 5.32 Å². The van der Waals surface area contributed by atoms with E-state index >= 15 is 0 Å². The van der Waals surface area contributed by atoms with Crippen LogP contribution in [0.15, 0.2) is 47.8 Å². The summed E-state index contributed by atoms with van der Waals surface area (Å²) in [6.45, 7) is 1.86. The van der Waals surface area contributed by atoms with Gasteiger partial charge >= 0.3 is 0 Å². The highest BCUT2D eigenvalue weighted by molar-refractivity contribution is 5.49. The molecular weight excluding hydrogens is 270 g/mol. The molecule has 0 atom stereocenters. The van der Waals surface area contributed by atoms with Crippen molar-refractivity contribution in [3.05, 3.63) is 59.0 Å². The highest BCUT2D eigenvalue weighted by atomic mass is 16.1. The van der Waals surface area contributed by atoms with Crippen LogP contribution in [-0.2, 0) is 7.05 Å². The molecule has 2 N–H and O–H groups in total. The fourth-order valence-corrected chi connectivity index (χ4v) is 1.34. The number of hydrogen-bond acceptors (Lipinski definition) is 6. The first kappa shape index (κ1) is 14.4.